The Kier molecular flexibility index (Phi) is 13.1. The molecule has 0 atom stereocenters. The van der Waals surface area contributed by atoms with Crippen molar-refractivity contribution in [2.24, 2.45) is 0 Å². The van der Waals surface area contributed by atoms with Gasteiger partial charge >= 0.3 is 0 Å². The highest BCUT2D eigenvalue weighted by Gasteiger charge is 2.39. The van der Waals surface area contributed by atoms with Gasteiger partial charge in [-0.3, -0.25) is 0 Å². The summed E-state index contributed by atoms with van der Waals surface area (Å²) in [5.41, 5.74) is 11.3. The van der Waals surface area contributed by atoms with Crippen molar-refractivity contribution in [1.29, 1.82) is 0 Å². The van der Waals surface area contributed by atoms with Crippen LogP contribution in [0.1, 0.15) is 105 Å². The summed E-state index contributed by atoms with van der Waals surface area (Å²) >= 11 is 0. The molecule has 0 nitrogen and oxygen atoms in total. The summed E-state index contributed by atoms with van der Waals surface area (Å²) in [5.74, 6) is 0. The van der Waals surface area contributed by atoms with Crippen LogP contribution in [0.25, 0.3) is 108 Å². The van der Waals surface area contributed by atoms with Crippen molar-refractivity contribution in [3.05, 3.63) is 216 Å². The highest BCUT2D eigenvalue weighted by Crippen LogP contribution is 2.56. The molecule has 348 valence electrons. The molecule has 0 saturated heterocycles. The van der Waals surface area contributed by atoms with Crippen LogP contribution in [0.4, 0.5) is 0 Å². The van der Waals surface area contributed by atoms with E-state index in [1.807, 2.05) is 55.4 Å². The van der Waals surface area contributed by atoms with Gasteiger partial charge in [-0.2, -0.15) is 0 Å². The molecule has 12 aromatic carbocycles. The molecule has 0 spiro atoms. The predicted molar refractivity (Wildman–Crippen MR) is 313 cm³/mol. The summed E-state index contributed by atoms with van der Waals surface area (Å²) in [6.07, 6.45) is 0. The first-order valence-electron chi connectivity index (χ1n) is 26.1. The second kappa shape index (κ2) is 19.3. The van der Waals surface area contributed by atoms with Crippen molar-refractivity contribution in [3.63, 3.8) is 0 Å². The molecule has 0 aromatic heterocycles. The minimum absolute atomic E-state index is 0.0475. The minimum atomic E-state index is -0.0475. The molecule has 0 saturated carbocycles. The lowest BCUT2D eigenvalue weighted by atomic mass is 9.79. The van der Waals surface area contributed by atoms with Crippen molar-refractivity contribution in [3.8, 4) is 22.3 Å². The molecule has 0 amide bonds. The first-order valence-corrected chi connectivity index (χ1v) is 26.1. The standard InChI is InChI=1S/2C31H22.4C2H6/c1-31(2)28-18-22-16-20-10-4-3-9-19(20)15-21(22)17-27(28)29-25-13-7-5-11-23(25)24-12-6-8-14-26(24)30(29)31;1-31(2)28-18-24-16-22-9-4-3-8-21(22)15-23(24)17-27(28)26-14-13-20-12-11-19-7-5-6-10-25(19)29(20)30(26)31;4*1-2/h2*3-18H,1-2H3;4*1-2H3. The van der Waals surface area contributed by atoms with E-state index in [-0.39, 0.29) is 10.8 Å². The molecular weight excluding hydrogens is 841 g/mol. The van der Waals surface area contributed by atoms with Crippen LogP contribution in [0.2, 0.25) is 0 Å². The van der Waals surface area contributed by atoms with Gasteiger partial charge < -0.3 is 0 Å². The van der Waals surface area contributed by atoms with Crippen LogP contribution in [0.3, 0.4) is 0 Å². The van der Waals surface area contributed by atoms with Crippen LogP contribution >= 0.6 is 0 Å². The number of hydrogen-bond acceptors (Lipinski definition) is 0. The monoisotopic (exact) mass is 909 g/mol. The maximum absolute atomic E-state index is 2.45. The van der Waals surface area contributed by atoms with E-state index in [1.54, 1.807) is 0 Å². The maximum atomic E-state index is 2.45. The molecule has 0 aliphatic heterocycles. The van der Waals surface area contributed by atoms with Gasteiger partial charge in [-0.15, -0.1) is 0 Å². The van der Waals surface area contributed by atoms with Gasteiger partial charge in [-0.1, -0.05) is 229 Å². The van der Waals surface area contributed by atoms with Crippen LogP contribution in [0.5, 0.6) is 0 Å². The number of benzene rings is 12. The Morgan fingerprint density at radius 3 is 1.13 bits per heavy atom. The Bertz CT molecular complexity index is 3900. The highest BCUT2D eigenvalue weighted by atomic mass is 14.4. The fourth-order valence-corrected chi connectivity index (χ4v) is 11.8. The van der Waals surface area contributed by atoms with E-state index in [2.05, 4.69) is 222 Å². The average molecular weight is 909 g/mol. The number of rotatable bonds is 0. The lowest BCUT2D eigenvalue weighted by molar-refractivity contribution is 0.667. The molecule has 0 unspecified atom stereocenters. The molecule has 14 rings (SSSR count). The van der Waals surface area contributed by atoms with Gasteiger partial charge in [0.25, 0.3) is 0 Å². The Morgan fingerprint density at radius 2 is 0.600 bits per heavy atom. The second-order valence-corrected chi connectivity index (χ2v) is 18.9. The maximum Gasteiger partial charge on any atom is 0.0165 e. The lowest BCUT2D eigenvalue weighted by Gasteiger charge is -2.24. The van der Waals surface area contributed by atoms with Crippen molar-refractivity contribution >= 4 is 86.2 Å². The van der Waals surface area contributed by atoms with Gasteiger partial charge in [0, 0.05) is 10.8 Å². The summed E-state index contributed by atoms with van der Waals surface area (Å²) in [7, 11) is 0. The van der Waals surface area contributed by atoms with Crippen molar-refractivity contribution in [2.75, 3.05) is 0 Å². The molecular formula is C70H68. The smallest absolute Gasteiger partial charge is 0.0165 e. The molecule has 70 heavy (non-hydrogen) atoms. The number of fused-ring (bicyclic) bond motifs is 19. The van der Waals surface area contributed by atoms with E-state index in [9.17, 15) is 0 Å². The van der Waals surface area contributed by atoms with Crippen LogP contribution in [-0.2, 0) is 10.8 Å². The van der Waals surface area contributed by atoms with E-state index in [0.29, 0.717) is 0 Å². The molecule has 12 aromatic rings. The Hall–Kier alpha value is -7.28. The molecule has 0 radical (unpaired) electrons. The van der Waals surface area contributed by atoms with E-state index < -0.39 is 0 Å². The van der Waals surface area contributed by atoms with Gasteiger partial charge in [0.15, 0.2) is 0 Å². The molecule has 0 fully saturated rings. The summed E-state index contributed by atoms with van der Waals surface area (Å²) in [6.45, 7) is 25.6. The first-order chi connectivity index (χ1) is 34.2. The zero-order chi connectivity index (χ0) is 49.5. The van der Waals surface area contributed by atoms with E-state index in [0.717, 1.165) is 0 Å². The van der Waals surface area contributed by atoms with Gasteiger partial charge in [0.2, 0.25) is 0 Å². The topological polar surface area (TPSA) is 0 Å². The van der Waals surface area contributed by atoms with E-state index in [4.69, 9.17) is 0 Å². The summed E-state index contributed by atoms with van der Waals surface area (Å²) in [4.78, 5) is 0. The van der Waals surface area contributed by atoms with Crippen LogP contribution in [0.15, 0.2) is 194 Å². The Balaban J connectivity index is 0.000000153. The lowest BCUT2D eigenvalue weighted by Crippen LogP contribution is -2.15. The molecule has 0 heterocycles. The predicted octanol–water partition coefficient (Wildman–Crippen LogP) is 21.3. The SMILES string of the molecule is CC.CC.CC.CC.CC1(C)c2cc3cc4ccccc4cc3cc2-c2c1c1ccccc1c1ccccc21.CC1(C)c2cc3cc4ccccc4cc3cc2-c2ccc3ccc4ccccc4c3c21. The molecule has 0 heteroatoms. The van der Waals surface area contributed by atoms with Crippen molar-refractivity contribution < 1.29 is 0 Å². The summed E-state index contributed by atoms with van der Waals surface area (Å²) in [5, 5.41) is 21.4. The van der Waals surface area contributed by atoms with Crippen molar-refractivity contribution in [2.45, 2.75) is 93.9 Å². The third-order valence-corrected chi connectivity index (χ3v) is 14.7. The first kappa shape index (κ1) is 47.8. The van der Waals surface area contributed by atoms with Gasteiger partial charge in [-0.05, 0) is 179 Å². The molecule has 0 N–H and O–H groups in total. The molecule has 0 bridgehead atoms. The van der Waals surface area contributed by atoms with Crippen LogP contribution in [0, 0.1) is 0 Å². The fraction of sp³-hybridized carbons (Fsp3) is 0.200. The third kappa shape index (κ3) is 7.52. The highest BCUT2D eigenvalue weighted by molar-refractivity contribution is 6.19. The van der Waals surface area contributed by atoms with Crippen LogP contribution in [-0.4, -0.2) is 0 Å². The summed E-state index contributed by atoms with van der Waals surface area (Å²) in [6, 6.07) is 72.3. The van der Waals surface area contributed by atoms with Gasteiger partial charge in [-0.25, -0.2) is 0 Å². The van der Waals surface area contributed by atoms with E-state index in [1.165, 1.54) is 131 Å². The zero-order valence-electron chi connectivity index (χ0n) is 43.5. The normalized spacial score (nSPS) is 13.1. The van der Waals surface area contributed by atoms with E-state index >= 15 is 0 Å². The molecule has 2 aliphatic carbocycles. The second-order valence-electron chi connectivity index (χ2n) is 18.9. The minimum Gasteiger partial charge on any atom is -0.0683 e. The van der Waals surface area contributed by atoms with Crippen molar-refractivity contribution in [1.82, 2.24) is 0 Å². The number of hydrogen-bond donors (Lipinski definition) is 0. The Morgan fingerprint density at radius 1 is 0.243 bits per heavy atom. The quantitative estimate of drug-likeness (QED) is 0.105. The average Bonchev–Trinajstić information content (AvgIpc) is 3.79. The fourth-order valence-electron chi connectivity index (χ4n) is 11.8. The summed E-state index contributed by atoms with van der Waals surface area (Å²) < 4.78 is 0. The third-order valence-electron chi connectivity index (χ3n) is 14.7. The molecule has 2 aliphatic rings. The zero-order valence-corrected chi connectivity index (χ0v) is 43.5. The van der Waals surface area contributed by atoms with Crippen LogP contribution < -0.4 is 0 Å². The Labute approximate surface area is 416 Å². The van der Waals surface area contributed by atoms with Gasteiger partial charge in [0.1, 0.15) is 0 Å². The van der Waals surface area contributed by atoms with Gasteiger partial charge in [0.05, 0.1) is 0 Å². The largest absolute Gasteiger partial charge is 0.0683 e.